The molecular weight excluding hydrogens is 254 g/mol. The SMILES string of the molecule is COc1ccc(Cc2n[nH]c(=S)[nH]c2=S)cc1. The molecule has 88 valence electrons. The van der Waals surface area contributed by atoms with E-state index in [9.17, 15) is 0 Å². The van der Waals surface area contributed by atoms with Crippen LogP contribution in [0.1, 0.15) is 11.3 Å². The number of methoxy groups -OCH3 is 1. The number of benzene rings is 1. The van der Waals surface area contributed by atoms with Gasteiger partial charge in [0, 0.05) is 6.42 Å². The zero-order valence-electron chi connectivity index (χ0n) is 9.19. The number of H-pyrrole nitrogens is 2. The highest BCUT2D eigenvalue weighted by Crippen LogP contribution is 2.13. The largest absolute Gasteiger partial charge is 0.497 e. The van der Waals surface area contributed by atoms with Gasteiger partial charge in [-0.05, 0) is 29.9 Å². The van der Waals surface area contributed by atoms with Gasteiger partial charge >= 0.3 is 0 Å². The molecule has 1 aromatic heterocycles. The van der Waals surface area contributed by atoms with Crippen molar-refractivity contribution in [1.82, 2.24) is 15.2 Å². The number of nitrogens with one attached hydrogen (secondary N) is 2. The summed E-state index contributed by atoms with van der Waals surface area (Å²) in [5.74, 6) is 0.833. The molecule has 4 nitrogen and oxygen atoms in total. The monoisotopic (exact) mass is 265 g/mol. The molecule has 0 aliphatic heterocycles. The third-order valence-corrected chi connectivity index (χ3v) is 2.84. The Bertz CT molecular complexity index is 616. The molecule has 6 heteroatoms. The van der Waals surface area contributed by atoms with E-state index in [1.807, 2.05) is 24.3 Å². The molecule has 17 heavy (non-hydrogen) atoms. The van der Waals surface area contributed by atoms with Crippen LogP contribution in [0, 0.1) is 9.41 Å². The van der Waals surface area contributed by atoms with Crippen molar-refractivity contribution in [2.24, 2.45) is 0 Å². The first-order valence-electron chi connectivity index (χ1n) is 5.00. The molecule has 2 aromatic rings. The van der Waals surface area contributed by atoms with E-state index >= 15 is 0 Å². The minimum absolute atomic E-state index is 0.438. The van der Waals surface area contributed by atoms with E-state index in [1.165, 1.54) is 0 Å². The molecule has 0 amide bonds. The van der Waals surface area contributed by atoms with Gasteiger partial charge in [0.05, 0.1) is 12.8 Å². The molecule has 0 aliphatic rings. The summed E-state index contributed by atoms with van der Waals surface area (Å²) in [5, 5.41) is 6.82. The number of hydrogen-bond donors (Lipinski definition) is 2. The van der Waals surface area contributed by atoms with Crippen molar-refractivity contribution in [2.75, 3.05) is 7.11 Å². The number of nitrogens with zero attached hydrogens (tertiary/aromatic N) is 1. The van der Waals surface area contributed by atoms with Crippen LogP contribution in [0.4, 0.5) is 0 Å². The predicted molar refractivity (Wildman–Crippen MR) is 70.4 cm³/mol. The third-order valence-electron chi connectivity index (χ3n) is 2.31. The van der Waals surface area contributed by atoms with Crippen molar-refractivity contribution in [2.45, 2.75) is 6.42 Å². The maximum absolute atomic E-state index is 5.16. The smallest absolute Gasteiger partial charge is 0.192 e. The van der Waals surface area contributed by atoms with E-state index in [0.29, 0.717) is 15.8 Å². The molecule has 0 spiro atoms. The number of ether oxygens (including phenoxy) is 1. The first-order valence-corrected chi connectivity index (χ1v) is 5.81. The highest BCUT2D eigenvalue weighted by Gasteiger charge is 2.01. The van der Waals surface area contributed by atoms with Gasteiger partial charge in [-0.25, -0.2) is 0 Å². The summed E-state index contributed by atoms with van der Waals surface area (Å²) >= 11 is 10.1. The fraction of sp³-hybridized carbons (Fsp3) is 0.182. The normalized spacial score (nSPS) is 10.2. The molecule has 0 radical (unpaired) electrons. The van der Waals surface area contributed by atoms with Crippen LogP contribution < -0.4 is 4.74 Å². The minimum atomic E-state index is 0.438. The van der Waals surface area contributed by atoms with E-state index in [2.05, 4.69) is 15.2 Å². The summed E-state index contributed by atoms with van der Waals surface area (Å²) in [7, 11) is 1.64. The van der Waals surface area contributed by atoms with Crippen LogP contribution in [0.15, 0.2) is 24.3 Å². The second-order valence-electron chi connectivity index (χ2n) is 3.48. The molecule has 0 atom stereocenters. The second kappa shape index (κ2) is 5.20. The molecule has 2 rings (SSSR count). The number of aromatic amines is 2. The van der Waals surface area contributed by atoms with Gasteiger partial charge in [-0.3, -0.25) is 5.10 Å². The van der Waals surface area contributed by atoms with Gasteiger partial charge in [0.1, 0.15) is 10.4 Å². The second-order valence-corrected chi connectivity index (χ2v) is 4.29. The lowest BCUT2D eigenvalue weighted by Gasteiger charge is -2.03. The zero-order chi connectivity index (χ0) is 12.3. The van der Waals surface area contributed by atoms with Gasteiger partial charge in [-0.15, -0.1) is 0 Å². The van der Waals surface area contributed by atoms with Crippen LogP contribution in [0.2, 0.25) is 0 Å². The number of rotatable bonds is 3. The van der Waals surface area contributed by atoms with E-state index in [1.54, 1.807) is 7.11 Å². The molecule has 0 saturated carbocycles. The number of hydrogen-bond acceptors (Lipinski definition) is 4. The Morgan fingerprint density at radius 1 is 1.24 bits per heavy atom. The van der Waals surface area contributed by atoms with Crippen molar-refractivity contribution in [3.63, 3.8) is 0 Å². The molecule has 0 unspecified atom stereocenters. The van der Waals surface area contributed by atoms with Crippen molar-refractivity contribution in [3.8, 4) is 5.75 Å². The van der Waals surface area contributed by atoms with Crippen LogP contribution in [0.3, 0.4) is 0 Å². The summed E-state index contributed by atoms with van der Waals surface area (Å²) in [5.41, 5.74) is 1.89. The Kier molecular flexibility index (Phi) is 3.65. The highest BCUT2D eigenvalue weighted by atomic mass is 32.1. The van der Waals surface area contributed by atoms with Crippen LogP contribution in [0.5, 0.6) is 5.75 Å². The Morgan fingerprint density at radius 2 is 1.94 bits per heavy atom. The summed E-state index contributed by atoms with van der Waals surface area (Å²) in [6, 6.07) is 7.79. The summed E-state index contributed by atoms with van der Waals surface area (Å²) in [4.78, 5) is 2.87. The molecule has 1 aromatic carbocycles. The average molecular weight is 265 g/mol. The average Bonchev–Trinajstić information content (AvgIpc) is 2.34. The van der Waals surface area contributed by atoms with Crippen molar-refractivity contribution in [3.05, 3.63) is 44.9 Å². The quantitative estimate of drug-likeness (QED) is 0.838. The Balaban J connectivity index is 2.25. The van der Waals surface area contributed by atoms with Gasteiger partial charge in [-0.2, -0.15) is 5.10 Å². The molecule has 0 aliphatic carbocycles. The molecular formula is C11H11N3OS2. The van der Waals surface area contributed by atoms with E-state index in [-0.39, 0.29) is 0 Å². The standard InChI is InChI=1S/C11H11N3OS2/c1-15-8-4-2-7(3-5-8)6-9-10(16)12-11(17)14-13-9/h2-5H,6H2,1H3,(H2,12,14,16,17). The lowest BCUT2D eigenvalue weighted by Crippen LogP contribution is -1.98. The fourth-order valence-electron chi connectivity index (χ4n) is 1.43. The molecule has 0 bridgehead atoms. The lowest BCUT2D eigenvalue weighted by molar-refractivity contribution is 0.414. The van der Waals surface area contributed by atoms with Crippen LogP contribution >= 0.6 is 24.4 Å². The van der Waals surface area contributed by atoms with E-state index in [0.717, 1.165) is 17.0 Å². The summed E-state index contributed by atoms with van der Waals surface area (Å²) in [6.07, 6.45) is 0.658. The third kappa shape index (κ3) is 2.98. The van der Waals surface area contributed by atoms with Crippen molar-refractivity contribution >= 4 is 24.4 Å². The predicted octanol–water partition coefficient (Wildman–Crippen LogP) is 2.80. The molecule has 1 heterocycles. The fourth-order valence-corrected chi connectivity index (χ4v) is 1.86. The van der Waals surface area contributed by atoms with E-state index in [4.69, 9.17) is 29.2 Å². The molecule has 0 saturated heterocycles. The Hall–Kier alpha value is -1.53. The van der Waals surface area contributed by atoms with Gasteiger partial charge in [0.15, 0.2) is 4.77 Å². The first-order chi connectivity index (χ1) is 8.19. The van der Waals surface area contributed by atoms with Crippen molar-refractivity contribution < 1.29 is 4.74 Å². The lowest BCUT2D eigenvalue weighted by atomic mass is 10.1. The molecule has 0 fully saturated rings. The maximum atomic E-state index is 5.16. The van der Waals surface area contributed by atoms with Gasteiger partial charge in [0.25, 0.3) is 0 Å². The van der Waals surface area contributed by atoms with Gasteiger partial charge in [0.2, 0.25) is 0 Å². The van der Waals surface area contributed by atoms with Crippen LogP contribution in [-0.2, 0) is 6.42 Å². The van der Waals surface area contributed by atoms with Crippen LogP contribution in [-0.4, -0.2) is 22.3 Å². The first kappa shape index (κ1) is 11.9. The molecule has 2 N–H and O–H groups in total. The van der Waals surface area contributed by atoms with Crippen molar-refractivity contribution in [1.29, 1.82) is 0 Å². The minimum Gasteiger partial charge on any atom is -0.497 e. The highest BCUT2D eigenvalue weighted by molar-refractivity contribution is 7.72. The Labute approximate surface area is 109 Å². The van der Waals surface area contributed by atoms with Gasteiger partial charge in [-0.1, -0.05) is 24.4 Å². The summed E-state index contributed by atoms with van der Waals surface area (Å²) < 4.78 is 6.11. The zero-order valence-corrected chi connectivity index (χ0v) is 10.8. The van der Waals surface area contributed by atoms with Crippen LogP contribution in [0.25, 0.3) is 0 Å². The Morgan fingerprint density at radius 3 is 2.53 bits per heavy atom. The van der Waals surface area contributed by atoms with Gasteiger partial charge < -0.3 is 9.72 Å². The topological polar surface area (TPSA) is 53.7 Å². The maximum Gasteiger partial charge on any atom is 0.192 e. The van der Waals surface area contributed by atoms with E-state index < -0.39 is 0 Å². The number of aromatic nitrogens is 3. The summed E-state index contributed by atoms with van der Waals surface area (Å²) in [6.45, 7) is 0.